The highest BCUT2D eigenvalue weighted by molar-refractivity contribution is 7.13. The second kappa shape index (κ2) is 24.0. The minimum absolute atomic E-state index is 0.135. The van der Waals surface area contributed by atoms with Gasteiger partial charge in [0.05, 0.1) is 39.9 Å². The van der Waals surface area contributed by atoms with Crippen LogP contribution in [0.1, 0.15) is 70.2 Å². The molecule has 7 aromatic rings. The second-order valence-electron chi connectivity index (χ2n) is 17.9. The highest BCUT2D eigenvalue weighted by Crippen LogP contribution is 2.28. The van der Waals surface area contributed by atoms with Gasteiger partial charge in [-0.25, -0.2) is 24.9 Å². The number of carbonyl (C=O) groups excluding carboxylic acids is 2. The molecule has 0 unspecified atom stereocenters. The number of β-amino-alcohol motifs (C(OH)–C–C–N with tert-alkyl or cyclic N) is 1. The van der Waals surface area contributed by atoms with Gasteiger partial charge >= 0.3 is 0 Å². The molecule has 2 N–H and O–H groups in total. The molecule has 9 rings (SSSR count). The number of para-hydroxylation sites is 1. The van der Waals surface area contributed by atoms with Gasteiger partial charge in [-0.3, -0.25) is 24.4 Å². The first-order valence-electron chi connectivity index (χ1n) is 23.7. The number of aryl methyl sites for hydroxylation is 3. The van der Waals surface area contributed by atoms with Crippen LogP contribution in [0.3, 0.4) is 0 Å². The summed E-state index contributed by atoms with van der Waals surface area (Å²) in [6.07, 6.45) is 8.47. The number of pyridine rings is 1. The number of aliphatic hydroxyl groups is 1. The van der Waals surface area contributed by atoms with Crippen LogP contribution >= 0.6 is 22.9 Å². The number of carbonyl (C=O) groups is 2. The van der Waals surface area contributed by atoms with E-state index in [0.717, 1.165) is 115 Å². The lowest BCUT2D eigenvalue weighted by Crippen LogP contribution is -2.47. The van der Waals surface area contributed by atoms with E-state index < -0.39 is 0 Å². The zero-order valence-corrected chi connectivity index (χ0v) is 41.9. The monoisotopic (exact) mass is 977 g/mol. The van der Waals surface area contributed by atoms with Gasteiger partial charge < -0.3 is 20.2 Å². The number of hydrogen-bond acceptors (Lipinski definition) is 14. The molecule has 362 valence electrons. The van der Waals surface area contributed by atoms with E-state index >= 15 is 0 Å². The van der Waals surface area contributed by atoms with Gasteiger partial charge in [0.2, 0.25) is 0 Å². The number of anilines is 2. The third kappa shape index (κ3) is 13.7. The summed E-state index contributed by atoms with van der Waals surface area (Å²) in [6, 6.07) is 27.7. The maximum Gasteiger partial charge on any atom is 0.267 e. The molecule has 3 aromatic carbocycles. The lowest BCUT2D eigenvalue weighted by Gasteiger charge is -2.35. The van der Waals surface area contributed by atoms with Crippen LogP contribution in [0, 0.1) is 20.8 Å². The number of thiazole rings is 1. The van der Waals surface area contributed by atoms with Crippen molar-refractivity contribution in [2.24, 2.45) is 0 Å². The van der Waals surface area contributed by atoms with Gasteiger partial charge in [0, 0.05) is 120 Å². The number of ketones is 1. The zero-order valence-electron chi connectivity index (χ0n) is 40.3. The quantitative estimate of drug-likeness (QED) is 0.0962. The predicted octanol–water partition coefficient (Wildman–Crippen LogP) is 7.77. The molecule has 70 heavy (non-hydrogen) atoms. The summed E-state index contributed by atoms with van der Waals surface area (Å²) >= 11 is 7.58. The summed E-state index contributed by atoms with van der Waals surface area (Å²) in [4.78, 5) is 62.7. The maximum atomic E-state index is 13.1. The molecule has 2 fully saturated rings. The summed E-state index contributed by atoms with van der Waals surface area (Å²) in [5, 5.41) is 13.4. The molecular formula is C54H60ClN11O3S. The van der Waals surface area contributed by atoms with Crippen LogP contribution in [-0.4, -0.2) is 134 Å². The van der Waals surface area contributed by atoms with Crippen molar-refractivity contribution in [3.63, 3.8) is 0 Å². The van der Waals surface area contributed by atoms with Crippen LogP contribution in [0.5, 0.6) is 0 Å². The Hall–Kier alpha value is -6.33. The summed E-state index contributed by atoms with van der Waals surface area (Å²) in [6.45, 7) is 15.6. The van der Waals surface area contributed by atoms with Crippen molar-refractivity contribution in [3.8, 4) is 11.3 Å². The van der Waals surface area contributed by atoms with E-state index in [4.69, 9.17) is 21.7 Å². The Morgan fingerprint density at radius 3 is 2.27 bits per heavy atom. The minimum Gasteiger partial charge on any atom is -0.395 e. The minimum atomic E-state index is -0.227. The Bertz CT molecular complexity index is 2850. The van der Waals surface area contributed by atoms with Crippen LogP contribution in [0.15, 0.2) is 110 Å². The van der Waals surface area contributed by atoms with Gasteiger partial charge in [0.1, 0.15) is 22.3 Å². The Balaban J connectivity index is 0.000000190. The first-order valence-corrected chi connectivity index (χ1v) is 24.9. The van der Waals surface area contributed by atoms with Crippen LogP contribution in [0.2, 0.25) is 5.02 Å². The molecule has 2 saturated heterocycles. The van der Waals surface area contributed by atoms with E-state index in [1.54, 1.807) is 24.7 Å². The number of Topliss-reactive ketones (excluding diaryl/α,β-unsaturated/α-hetero) is 1. The average molecular weight is 979 g/mol. The number of amides is 1. The first kappa shape index (κ1) is 50.1. The molecule has 14 nitrogen and oxygen atoms in total. The largest absolute Gasteiger partial charge is 0.395 e. The molecule has 0 atom stereocenters. The van der Waals surface area contributed by atoms with E-state index in [2.05, 4.69) is 88.1 Å². The highest BCUT2D eigenvalue weighted by Gasteiger charge is 2.21. The van der Waals surface area contributed by atoms with E-state index in [1.165, 1.54) is 22.5 Å². The van der Waals surface area contributed by atoms with E-state index in [0.29, 0.717) is 47.2 Å². The molecule has 6 heterocycles. The van der Waals surface area contributed by atoms with Gasteiger partial charge in [-0.15, -0.1) is 11.3 Å². The third-order valence-corrected chi connectivity index (χ3v) is 13.9. The summed E-state index contributed by atoms with van der Waals surface area (Å²) in [7, 11) is 2.17. The third-order valence-electron chi connectivity index (χ3n) is 12.6. The number of nitrogens with zero attached hydrogens (tertiary/aromatic N) is 10. The lowest BCUT2D eigenvalue weighted by atomic mass is 9.97. The van der Waals surface area contributed by atoms with Crippen molar-refractivity contribution >= 4 is 46.1 Å². The number of piperazine rings is 2. The van der Waals surface area contributed by atoms with Crippen molar-refractivity contribution in [1.29, 1.82) is 0 Å². The number of aromatic nitrogens is 6. The maximum absolute atomic E-state index is 13.1. The number of likely N-dealkylation sites (N-methyl/N-ethyl adjacent to an activating group) is 1. The molecule has 16 heteroatoms. The van der Waals surface area contributed by atoms with Crippen LogP contribution < -0.4 is 10.2 Å². The van der Waals surface area contributed by atoms with Gasteiger partial charge in [-0.2, -0.15) is 0 Å². The SMILES string of the molecule is Cc1ccc(CC(=O)c2ccc(CN3CCN(C)CC3)cc2)cc1Cc1nccc(-c2cccnc2)n1.Cc1nc(Cc2ncc(C(=O)Nc3c(C)cccc3Cl)s2)cc(N2CCN(CCO)CC2)n1. The normalized spacial score (nSPS) is 14.5. The number of hydrogen-bond donors (Lipinski definition) is 2. The van der Waals surface area contributed by atoms with Crippen molar-refractivity contribution in [2.45, 2.75) is 46.6 Å². The molecule has 2 aliphatic rings. The zero-order chi connectivity index (χ0) is 49.0. The topological polar surface area (TPSA) is 157 Å². The predicted molar refractivity (Wildman–Crippen MR) is 278 cm³/mol. The van der Waals surface area contributed by atoms with Crippen LogP contribution in [0.25, 0.3) is 11.3 Å². The molecule has 0 radical (unpaired) electrons. The van der Waals surface area contributed by atoms with Crippen LogP contribution in [-0.2, 0) is 25.8 Å². The van der Waals surface area contributed by atoms with Crippen LogP contribution in [0.4, 0.5) is 11.5 Å². The lowest BCUT2D eigenvalue weighted by molar-refractivity contribution is 0.0991. The number of rotatable bonds is 15. The second-order valence-corrected chi connectivity index (χ2v) is 19.4. The van der Waals surface area contributed by atoms with Gasteiger partial charge in [0.15, 0.2) is 5.78 Å². The van der Waals surface area contributed by atoms with Gasteiger partial charge in [-0.05, 0) is 79.9 Å². The summed E-state index contributed by atoms with van der Waals surface area (Å²) in [5.74, 6) is 2.28. The Labute approximate surface area is 419 Å². The van der Waals surface area contributed by atoms with E-state index in [-0.39, 0.29) is 18.3 Å². The van der Waals surface area contributed by atoms with Gasteiger partial charge in [-0.1, -0.05) is 66.2 Å². The Morgan fingerprint density at radius 1 is 0.757 bits per heavy atom. The Kier molecular flexibility index (Phi) is 17.2. The Morgan fingerprint density at radius 2 is 1.53 bits per heavy atom. The van der Waals surface area contributed by atoms with E-state index in [9.17, 15) is 9.59 Å². The fourth-order valence-electron chi connectivity index (χ4n) is 8.53. The van der Waals surface area contributed by atoms with Gasteiger partial charge in [0.25, 0.3) is 5.91 Å². The van der Waals surface area contributed by atoms with Crippen molar-refractivity contribution in [1.82, 2.24) is 44.6 Å². The standard InChI is InChI=1S/C31H33N5O.C23H27ClN6O2S/c1-23-5-6-25(18-28(23)20-31-33-13-11-29(34-31)27-4-3-12-32-21-27)19-30(37)26-9-7-24(8-10-26)22-36-16-14-35(2)15-17-36;1-15-4-3-5-18(24)22(15)28-23(32)19-14-25-21(33-19)13-17-12-20(27-16(2)26-17)30-8-6-29(7-9-30)10-11-31/h3-13,18,21H,14-17,19-20,22H2,1-2H3;3-5,12,14,31H,6-11,13H2,1-2H3,(H,28,32). The molecule has 0 aliphatic carbocycles. The molecule has 1 amide bonds. The molecule has 0 spiro atoms. The number of benzene rings is 3. The van der Waals surface area contributed by atoms with Crippen molar-refractivity contribution in [2.75, 3.05) is 82.8 Å². The molecule has 2 aliphatic heterocycles. The number of aliphatic hydroxyl groups excluding tert-OH is 1. The molecular weight excluding hydrogens is 918 g/mol. The average Bonchev–Trinajstić information content (AvgIpc) is 3.84. The number of nitrogens with one attached hydrogen (secondary N) is 1. The smallest absolute Gasteiger partial charge is 0.267 e. The fraction of sp³-hybridized carbons (Fsp3) is 0.333. The summed E-state index contributed by atoms with van der Waals surface area (Å²) in [5.41, 5.74) is 9.56. The summed E-state index contributed by atoms with van der Waals surface area (Å²) < 4.78 is 0. The molecule has 4 aromatic heterocycles. The highest BCUT2D eigenvalue weighted by atomic mass is 35.5. The van der Waals surface area contributed by atoms with Crippen molar-refractivity contribution in [3.05, 3.63) is 175 Å². The first-order chi connectivity index (χ1) is 34.0. The van der Waals surface area contributed by atoms with Crippen molar-refractivity contribution < 1.29 is 14.7 Å². The fourth-order valence-corrected chi connectivity index (χ4v) is 9.62. The molecule has 0 saturated carbocycles. The molecule has 0 bridgehead atoms. The van der Waals surface area contributed by atoms with E-state index in [1.807, 2.05) is 74.6 Å². The number of halogens is 1.